The van der Waals surface area contributed by atoms with E-state index in [1.807, 2.05) is 0 Å². The monoisotopic (exact) mass is 196 g/mol. The largest absolute Gasteiger partial charge is 0.317 e. The van der Waals surface area contributed by atoms with Crippen molar-refractivity contribution >= 4 is 0 Å². The van der Waals surface area contributed by atoms with Crippen LogP contribution in [0.3, 0.4) is 0 Å². The van der Waals surface area contributed by atoms with E-state index in [1.54, 1.807) is 0 Å². The van der Waals surface area contributed by atoms with Gasteiger partial charge in [-0.05, 0) is 45.7 Å². The van der Waals surface area contributed by atoms with E-state index in [9.17, 15) is 0 Å². The summed E-state index contributed by atoms with van der Waals surface area (Å²) in [6.45, 7) is 1.32. The molecule has 0 heterocycles. The van der Waals surface area contributed by atoms with E-state index in [-0.39, 0.29) is 0 Å². The van der Waals surface area contributed by atoms with Crippen molar-refractivity contribution in [3.8, 4) is 0 Å². The molecular formula is C12H24N2. The predicted octanol–water partition coefficient (Wildman–Crippen LogP) is 1.86. The van der Waals surface area contributed by atoms with Crippen LogP contribution in [0.1, 0.15) is 38.5 Å². The number of rotatable bonds is 4. The molecule has 2 unspecified atom stereocenters. The number of nitrogens with zero attached hydrogens (tertiary/aromatic N) is 1. The first-order valence-electron chi connectivity index (χ1n) is 6.18. The molecule has 2 saturated carbocycles. The summed E-state index contributed by atoms with van der Waals surface area (Å²) in [7, 11) is 4.43. The van der Waals surface area contributed by atoms with Crippen LogP contribution < -0.4 is 5.32 Å². The molecule has 2 aliphatic carbocycles. The van der Waals surface area contributed by atoms with Crippen LogP contribution in [0.15, 0.2) is 0 Å². The van der Waals surface area contributed by atoms with Crippen molar-refractivity contribution in [2.45, 2.75) is 50.6 Å². The molecule has 0 aromatic heterocycles. The fourth-order valence-electron chi connectivity index (χ4n) is 2.98. The maximum Gasteiger partial charge on any atom is 0.0104 e. The molecule has 0 aliphatic heterocycles. The van der Waals surface area contributed by atoms with E-state index in [4.69, 9.17) is 0 Å². The van der Waals surface area contributed by atoms with Gasteiger partial charge in [-0.3, -0.25) is 0 Å². The van der Waals surface area contributed by atoms with Gasteiger partial charge in [-0.25, -0.2) is 0 Å². The van der Waals surface area contributed by atoms with E-state index in [0.29, 0.717) is 0 Å². The Bertz CT molecular complexity index is 177. The number of nitrogens with one attached hydrogen (secondary N) is 1. The van der Waals surface area contributed by atoms with Crippen LogP contribution in [0.5, 0.6) is 0 Å². The van der Waals surface area contributed by atoms with Crippen LogP contribution >= 0.6 is 0 Å². The van der Waals surface area contributed by atoms with E-state index < -0.39 is 0 Å². The minimum atomic E-state index is 0.789. The molecule has 0 aromatic carbocycles. The number of hydrogen-bond acceptors (Lipinski definition) is 2. The van der Waals surface area contributed by atoms with Crippen molar-refractivity contribution in [1.29, 1.82) is 0 Å². The van der Waals surface area contributed by atoms with E-state index in [0.717, 1.165) is 18.0 Å². The van der Waals surface area contributed by atoms with Crippen molar-refractivity contribution in [1.82, 2.24) is 10.2 Å². The lowest BCUT2D eigenvalue weighted by Crippen LogP contribution is -2.43. The highest BCUT2D eigenvalue weighted by atomic mass is 15.1. The van der Waals surface area contributed by atoms with Crippen molar-refractivity contribution in [3.63, 3.8) is 0 Å². The second-order valence-electron chi connectivity index (χ2n) is 5.11. The van der Waals surface area contributed by atoms with Gasteiger partial charge in [0.2, 0.25) is 0 Å². The first-order chi connectivity index (χ1) is 6.81. The van der Waals surface area contributed by atoms with E-state index in [1.165, 1.54) is 45.1 Å². The van der Waals surface area contributed by atoms with Crippen molar-refractivity contribution in [3.05, 3.63) is 0 Å². The molecule has 82 valence electrons. The molecule has 2 aliphatic rings. The third-order valence-electron chi connectivity index (χ3n) is 4.25. The highest BCUT2D eigenvalue weighted by molar-refractivity contribution is 4.86. The Morgan fingerprint density at radius 1 is 1.14 bits per heavy atom. The zero-order valence-corrected chi connectivity index (χ0v) is 9.63. The van der Waals surface area contributed by atoms with Gasteiger partial charge in [0.05, 0.1) is 0 Å². The first kappa shape index (κ1) is 10.4. The quantitative estimate of drug-likeness (QED) is 0.738. The van der Waals surface area contributed by atoms with Gasteiger partial charge in [-0.15, -0.1) is 0 Å². The predicted molar refractivity (Wildman–Crippen MR) is 60.5 cm³/mol. The van der Waals surface area contributed by atoms with Crippen LogP contribution in [0.25, 0.3) is 0 Å². The third-order valence-corrected chi connectivity index (χ3v) is 4.25. The summed E-state index contributed by atoms with van der Waals surface area (Å²) in [5, 5.41) is 3.47. The molecule has 14 heavy (non-hydrogen) atoms. The third kappa shape index (κ3) is 2.12. The normalized spacial score (nSPS) is 33.6. The molecule has 2 nitrogen and oxygen atoms in total. The lowest BCUT2D eigenvalue weighted by molar-refractivity contribution is 0.132. The number of hydrogen-bond donors (Lipinski definition) is 1. The van der Waals surface area contributed by atoms with E-state index in [2.05, 4.69) is 24.3 Å². The summed E-state index contributed by atoms with van der Waals surface area (Å²) in [5.74, 6) is 0.908. The van der Waals surface area contributed by atoms with Crippen LogP contribution in [0, 0.1) is 5.92 Å². The van der Waals surface area contributed by atoms with E-state index >= 15 is 0 Å². The average molecular weight is 196 g/mol. The highest BCUT2D eigenvalue weighted by Crippen LogP contribution is 2.29. The molecule has 0 radical (unpaired) electrons. The molecule has 1 N–H and O–H groups in total. The average Bonchev–Trinajstić information content (AvgIpc) is 2.48. The van der Waals surface area contributed by atoms with Gasteiger partial charge in [0.25, 0.3) is 0 Å². The molecule has 2 fully saturated rings. The summed E-state index contributed by atoms with van der Waals surface area (Å²) >= 11 is 0. The molecular weight excluding hydrogens is 172 g/mol. The molecule has 2 rings (SSSR count). The minimum absolute atomic E-state index is 0.789. The van der Waals surface area contributed by atoms with Crippen LogP contribution in [0.4, 0.5) is 0 Å². The van der Waals surface area contributed by atoms with Gasteiger partial charge in [-0.2, -0.15) is 0 Å². The molecule has 0 spiro atoms. The maximum absolute atomic E-state index is 3.47. The molecule has 0 amide bonds. The Hall–Kier alpha value is -0.0800. The summed E-state index contributed by atoms with van der Waals surface area (Å²) in [6, 6.07) is 1.70. The van der Waals surface area contributed by atoms with Gasteiger partial charge >= 0.3 is 0 Å². The van der Waals surface area contributed by atoms with Gasteiger partial charge in [-0.1, -0.05) is 12.8 Å². The van der Waals surface area contributed by atoms with Crippen molar-refractivity contribution < 1.29 is 0 Å². The molecule has 0 bridgehead atoms. The Morgan fingerprint density at radius 3 is 2.43 bits per heavy atom. The second-order valence-corrected chi connectivity index (χ2v) is 5.11. The lowest BCUT2D eigenvalue weighted by Gasteiger charge is -2.37. The minimum Gasteiger partial charge on any atom is -0.317 e. The van der Waals surface area contributed by atoms with Gasteiger partial charge in [0, 0.05) is 18.6 Å². The van der Waals surface area contributed by atoms with Crippen molar-refractivity contribution in [2.75, 3.05) is 20.6 Å². The Morgan fingerprint density at radius 2 is 1.86 bits per heavy atom. The SMILES string of the molecule is CNC1CCCC1CN(C)C1CCC1. The molecule has 2 atom stereocenters. The van der Waals surface area contributed by atoms with Gasteiger partial charge in [0.15, 0.2) is 0 Å². The molecule has 0 saturated heterocycles. The van der Waals surface area contributed by atoms with Crippen LogP contribution in [-0.4, -0.2) is 37.6 Å². The van der Waals surface area contributed by atoms with Crippen molar-refractivity contribution in [2.24, 2.45) is 5.92 Å². The maximum atomic E-state index is 3.47. The topological polar surface area (TPSA) is 15.3 Å². The second kappa shape index (κ2) is 4.63. The summed E-state index contributed by atoms with van der Waals surface area (Å²) < 4.78 is 0. The van der Waals surface area contributed by atoms with Gasteiger partial charge < -0.3 is 10.2 Å². The first-order valence-corrected chi connectivity index (χ1v) is 6.18. The smallest absolute Gasteiger partial charge is 0.0104 e. The summed E-state index contributed by atoms with van der Waals surface area (Å²) in [4.78, 5) is 2.60. The standard InChI is InChI=1S/C12H24N2/c1-13-12-8-3-5-10(12)9-14(2)11-6-4-7-11/h10-13H,3-9H2,1-2H3. The molecule has 2 heteroatoms. The Kier molecular flexibility index (Phi) is 3.45. The van der Waals surface area contributed by atoms with Crippen LogP contribution in [0.2, 0.25) is 0 Å². The zero-order chi connectivity index (χ0) is 9.97. The fraction of sp³-hybridized carbons (Fsp3) is 1.00. The zero-order valence-electron chi connectivity index (χ0n) is 9.63. The lowest BCUT2D eigenvalue weighted by atomic mass is 9.90. The van der Waals surface area contributed by atoms with Crippen LogP contribution in [-0.2, 0) is 0 Å². The fourth-order valence-corrected chi connectivity index (χ4v) is 2.98. The Balaban J connectivity index is 1.77. The molecule has 0 aromatic rings. The van der Waals surface area contributed by atoms with Gasteiger partial charge in [0.1, 0.15) is 0 Å². The summed E-state index contributed by atoms with van der Waals surface area (Å²) in [6.07, 6.45) is 8.58. The highest BCUT2D eigenvalue weighted by Gasteiger charge is 2.30. The Labute approximate surface area is 88.1 Å². The summed E-state index contributed by atoms with van der Waals surface area (Å²) in [5.41, 5.74) is 0.